The quantitative estimate of drug-likeness (QED) is 0.888. The zero-order chi connectivity index (χ0) is 13.7. The number of amides is 1. The van der Waals surface area contributed by atoms with Crippen molar-refractivity contribution in [2.24, 2.45) is 5.92 Å². The van der Waals surface area contributed by atoms with E-state index in [4.69, 9.17) is 0 Å². The third-order valence-corrected chi connectivity index (χ3v) is 4.16. The average Bonchev–Trinajstić information content (AvgIpc) is 2.40. The summed E-state index contributed by atoms with van der Waals surface area (Å²) < 4.78 is 0. The van der Waals surface area contributed by atoms with Crippen LogP contribution in [-0.4, -0.2) is 17.4 Å². The Morgan fingerprint density at radius 1 is 1.32 bits per heavy atom. The van der Waals surface area contributed by atoms with E-state index in [1.54, 1.807) is 11.8 Å². The van der Waals surface area contributed by atoms with Crippen LogP contribution >= 0.6 is 11.8 Å². The van der Waals surface area contributed by atoms with Crippen LogP contribution in [0.1, 0.15) is 25.8 Å². The Morgan fingerprint density at radius 3 is 2.68 bits per heavy atom. The third kappa shape index (κ3) is 3.85. The lowest BCUT2D eigenvalue weighted by Crippen LogP contribution is -2.58. The minimum Gasteiger partial charge on any atom is -0.331 e. The first-order valence-corrected chi connectivity index (χ1v) is 7.58. The number of thioether (sulfide) groups is 1. The van der Waals surface area contributed by atoms with E-state index in [0.717, 1.165) is 12.0 Å². The molecule has 0 aliphatic carbocycles. The van der Waals surface area contributed by atoms with Crippen LogP contribution in [0, 0.1) is 5.92 Å². The molecule has 4 heteroatoms. The van der Waals surface area contributed by atoms with Gasteiger partial charge in [-0.1, -0.05) is 49.0 Å². The molecule has 0 aromatic heterocycles. The van der Waals surface area contributed by atoms with Crippen LogP contribution in [0.3, 0.4) is 0 Å². The Labute approximate surface area is 118 Å². The SMILES string of the molecule is CCC1C(=O)NC(S/C=C/c2ccccc2)NC1C. The summed E-state index contributed by atoms with van der Waals surface area (Å²) in [6.07, 6.45) is 2.92. The van der Waals surface area contributed by atoms with E-state index in [-0.39, 0.29) is 23.4 Å². The molecule has 0 spiro atoms. The molecular formula is C15H20N2OS. The van der Waals surface area contributed by atoms with Gasteiger partial charge in [0.25, 0.3) is 0 Å². The van der Waals surface area contributed by atoms with E-state index in [9.17, 15) is 4.79 Å². The monoisotopic (exact) mass is 276 g/mol. The molecule has 1 aromatic rings. The predicted octanol–water partition coefficient (Wildman–Crippen LogP) is 2.81. The lowest BCUT2D eigenvalue weighted by molar-refractivity contribution is -0.128. The van der Waals surface area contributed by atoms with Crippen molar-refractivity contribution >= 4 is 23.7 Å². The molecule has 1 aromatic carbocycles. The molecule has 1 aliphatic heterocycles. The molecule has 0 saturated carbocycles. The molecule has 3 nitrogen and oxygen atoms in total. The number of benzene rings is 1. The van der Waals surface area contributed by atoms with E-state index < -0.39 is 0 Å². The highest BCUT2D eigenvalue weighted by Gasteiger charge is 2.31. The van der Waals surface area contributed by atoms with Crippen LogP contribution in [0.2, 0.25) is 0 Å². The smallest absolute Gasteiger partial charge is 0.226 e. The van der Waals surface area contributed by atoms with Gasteiger partial charge >= 0.3 is 0 Å². The van der Waals surface area contributed by atoms with Crippen molar-refractivity contribution in [1.82, 2.24) is 10.6 Å². The number of nitrogens with one attached hydrogen (secondary N) is 2. The highest BCUT2D eigenvalue weighted by Crippen LogP contribution is 2.19. The van der Waals surface area contributed by atoms with Gasteiger partial charge in [0.15, 0.2) is 0 Å². The van der Waals surface area contributed by atoms with Gasteiger partial charge in [-0.3, -0.25) is 10.1 Å². The Morgan fingerprint density at radius 2 is 2.05 bits per heavy atom. The normalized spacial score (nSPS) is 27.5. The van der Waals surface area contributed by atoms with Gasteiger partial charge < -0.3 is 5.32 Å². The first-order chi connectivity index (χ1) is 9.20. The topological polar surface area (TPSA) is 41.1 Å². The molecule has 1 heterocycles. The Balaban J connectivity index is 1.88. The van der Waals surface area contributed by atoms with Crippen molar-refractivity contribution in [2.45, 2.75) is 31.8 Å². The number of carbonyl (C=O) groups excluding carboxylic acids is 1. The molecule has 2 N–H and O–H groups in total. The summed E-state index contributed by atoms with van der Waals surface area (Å²) in [5.41, 5.74) is 1.13. The van der Waals surface area contributed by atoms with E-state index in [0.29, 0.717) is 0 Å². The van der Waals surface area contributed by atoms with Crippen LogP contribution in [-0.2, 0) is 4.79 Å². The van der Waals surface area contributed by atoms with Gasteiger partial charge in [0.05, 0.1) is 5.92 Å². The molecule has 0 radical (unpaired) electrons. The van der Waals surface area contributed by atoms with Gasteiger partial charge in [-0.2, -0.15) is 0 Å². The van der Waals surface area contributed by atoms with Crippen molar-refractivity contribution in [3.05, 3.63) is 41.3 Å². The molecule has 2 rings (SSSR count). The molecule has 3 atom stereocenters. The van der Waals surface area contributed by atoms with Crippen LogP contribution in [0.25, 0.3) is 6.08 Å². The summed E-state index contributed by atoms with van der Waals surface area (Å²) in [6, 6.07) is 10.4. The summed E-state index contributed by atoms with van der Waals surface area (Å²) in [5, 5.41) is 8.43. The first-order valence-electron chi connectivity index (χ1n) is 6.64. The van der Waals surface area contributed by atoms with E-state index in [1.807, 2.05) is 30.5 Å². The van der Waals surface area contributed by atoms with Gasteiger partial charge in [-0.05, 0) is 30.4 Å². The van der Waals surface area contributed by atoms with Crippen LogP contribution in [0.4, 0.5) is 0 Å². The molecule has 3 unspecified atom stereocenters. The lowest BCUT2D eigenvalue weighted by atomic mass is 9.96. The third-order valence-electron chi connectivity index (χ3n) is 3.34. The predicted molar refractivity (Wildman–Crippen MR) is 81.4 cm³/mol. The lowest BCUT2D eigenvalue weighted by Gasteiger charge is -2.34. The minimum absolute atomic E-state index is 0.0368. The molecule has 19 heavy (non-hydrogen) atoms. The summed E-state index contributed by atoms with van der Waals surface area (Å²) >= 11 is 1.59. The number of hydrogen-bond donors (Lipinski definition) is 2. The number of hydrogen-bond acceptors (Lipinski definition) is 3. The highest BCUT2D eigenvalue weighted by atomic mass is 32.2. The van der Waals surface area contributed by atoms with Gasteiger partial charge in [0.2, 0.25) is 5.91 Å². The fourth-order valence-corrected chi connectivity index (χ4v) is 3.10. The van der Waals surface area contributed by atoms with Crippen molar-refractivity contribution in [2.75, 3.05) is 0 Å². The van der Waals surface area contributed by atoms with Crippen molar-refractivity contribution in [1.29, 1.82) is 0 Å². The fraction of sp³-hybridized carbons (Fsp3) is 0.400. The average molecular weight is 276 g/mol. The molecule has 1 saturated heterocycles. The molecule has 1 aliphatic rings. The molecule has 102 valence electrons. The number of carbonyl (C=O) groups is 1. The van der Waals surface area contributed by atoms with Gasteiger partial charge in [-0.25, -0.2) is 0 Å². The molecule has 1 amide bonds. The van der Waals surface area contributed by atoms with Crippen molar-refractivity contribution in [3.63, 3.8) is 0 Å². The standard InChI is InChI=1S/C15H20N2OS/c1-3-13-11(2)16-15(17-14(13)18)19-10-9-12-7-5-4-6-8-12/h4-11,13,15-16H,3H2,1-2H3,(H,17,18)/b10-9+. The minimum atomic E-state index is -0.0368. The highest BCUT2D eigenvalue weighted by molar-refractivity contribution is 8.02. The van der Waals surface area contributed by atoms with Crippen molar-refractivity contribution < 1.29 is 4.79 Å². The zero-order valence-electron chi connectivity index (χ0n) is 11.3. The zero-order valence-corrected chi connectivity index (χ0v) is 12.1. The van der Waals surface area contributed by atoms with E-state index >= 15 is 0 Å². The molecule has 0 bridgehead atoms. The first kappa shape index (κ1) is 14.2. The Hall–Kier alpha value is -1.26. The summed E-state index contributed by atoms with van der Waals surface area (Å²) in [5.74, 6) is 0.231. The van der Waals surface area contributed by atoms with Crippen molar-refractivity contribution in [3.8, 4) is 0 Å². The Bertz CT molecular complexity index is 447. The second-order valence-electron chi connectivity index (χ2n) is 4.71. The fourth-order valence-electron chi connectivity index (χ4n) is 2.23. The van der Waals surface area contributed by atoms with E-state index in [2.05, 4.69) is 35.8 Å². The van der Waals surface area contributed by atoms with E-state index in [1.165, 1.54) is 0 Å². The van der Waals surface area contributed by atoms with Crippen LogP contribution in [0.5, 0.6) is 0 Å². The summed E-state index contributed by atoms with van der Waals surface area (Å²) in [6.45, 7) is 4.12. The largest absolute Gasteiger partial charge is 0.331 e. The van der Waals surface area contributed by atoms with Gasteiger partial charge in [-0.15, -0.1) is 0 Å². The van der Waals surface area contributed by atoms with Gasteiger partial charge in [0.1, 0.15) is 5.50 Å². The summed E-state index contributed by atoms with van der Waals surface area (Å²) in [4.78, 5) is 11.9. The maximum Gasteiger partial charge on any atom is 0.226 e. The molecule has 1 fully saturated rings. The Kier molecular flexibility index (Phi) is 5.05. The number of rotatable bonds is 4. The second-order valence-corrected chi connectivity index (χ2v) is 5.72. The second kappa shape index (κ2) is 6.78. The van der Waals surface area contributed by atoms with Crippen LogP contribution < -0.4 is 10.6 Å². The molecular weight excluding hydrogens is 256 g/mol. The van der Waals surface area contributed by atoms with Crippen LogP contribution in [0.15, 0.2) is 35.7 Å². The maximum atomic E-state index is 11.9. The summed E-state index contributed by atoms with van der Waals surface area (Å²) in [7, 11) is 0. The maximum absolute atomic E-state index is 11.9. The van der Waals surface area contributed by atoms with Gasteiger partial charge in [0, 0.05) is 6.04 Å².